The van der Waals surface area contributed by atoms with Gasteiger partial charge < -0.3 is 9.80 Å². The second-order valence-corrected chi connectivity index (χ2v) is 7.51. The number of nitrogens with one attached hydrogen (secondary N) is 1. The van der Waals surface area contributed by atoms with Crippen molar-refractivity contribution in [2.45, 2.75) is 6.92 Å². The fourth-order valence-corrected chi connectivity index (χ4v) is 3.74. The lowest BCUT2D eigenvalue weighted by molar-refractivity contribution is -0.902. The van der Waals surface area contributed by atoms with E-state index in [0.717, 1.165) is 44.0 Å². The number of amides is 1. The normalized spacial score (nSPS) is 15.0. The molecule has 3 aromatic rings. The first-order valence-electron chi connectivity index (χ1n) is 9.69. The Labute approximate surface area is 170 Å². The molecule has 1 aromatic heterocycles. The molecule has 1 amide bonds. The van der Waals surface area contributed by atoms with Crippen LogP contribution in [0.1, 0.15) is 17.3 Å². The van der Waals surface area contributed by atoms with Crippen molar-refractivity contribution in [1.82, 2.24) is 14.7 Å². The highest BCUT2D eigenvalue weighted by Crippen LogP contribution is 2.26. The van der Waals surface area contributed by atoms with Gasteiger partial charge in [0.15, 0.2) is 0 Å². The number of hydrogen-bond acceptors (Lipinski definition) is 2. The van der Waals surface area contributed by atoms with Gasteiger partial charge in [0.25, 0.3) is 5.91 Å². The van der Waals surface area contributed by atoms with Crippen molar-refractivity contribution < 1.29 is 9.69 Å². The first-order valence-corrected chi connectivity index (χ1v) is 10.1. The van der Waals surface area contributed by atoms with E-state index in [0.29, 0.717) is 16.3 Å². The van der Waals surface area contributed by atoms with Gasteiger partial charge in [-0.3, -0.25) is 4.79 Å². The highest BCUT2D eigenvalue weighted by molar-refractivity contribution is 6.30. The van der Waals surface area contributed by atoms with Gasteiger partial charge in [0, 0.05) is 16.8 Å². The quantitative estimate of drug-likeness (QED) is 0.737. The lowest BCUT2D eigenvalue weighted by Crippen LogP contribution is -3.14. The molecular formula is C22H24ClN4O+. The summed E-state index contributed by atoms with van der Waals surface area (Å²) in [5.41, 5.74) is 3.14. The average molecular weight is 396 g/mol. The molecule has 0 radical (unpaired) electrons. The van der Waals surface area contributed by atoms with Crippen LogP contribution in [0, 0.1) is 0 Å². The van der Waals surface area contributed by atoms with E-state index in [1.807, 2.05) is 65.7 Å². The third kappa shape index (κ3) is 3.81. The molecule has 2 heterocycles. The van der Waals surface area contributed by atoms with Gasteiger partial charge in [-0.05, 0) is 31.2 Å². The second-order valence-electron chi connectivity index (χ2n) is 7.07. The minimum Gasteiger partial charge on any atom is -0.332 e. The lowest BCUT2D eigenvalue weighted by Gasteiger charge is -2.31. The van der Waals surface area contributed by atoms with Crippen LogP contribution in [0.15, 0.2) is 60.8 Å². The molecule has 5 nitrogen and oxygen atoms in total. The number of nitrogens with zero attached hydrogens (tertiary/aromatic N) is 3. The molecule has 0 saturated carbocycles. The molecule has 1 saturated heterocycles. The third-order valence-electron chi connectivity index (χ3n) is 5.34. The third-order valence-corrected chi connectivity index (χ3v) is 5.59. The van der Waals surface area contributed by atoms with Gasteiger partial charge in [-0.25, -0.2) is 4.68 Å². The summed E-state index contributed by atoms with van der Waals surface area (Å²) in [5.74, 6) is 0.0438. The molecule has 0 spiro atoms. The fraction of sp³-hybridized carbons (Fsp3) is 0.273. The smallest absolute Gasteiger partial charge is 0.258 e. The highest BCUT2D eigenvalue weighted by atomic mass is 35.5. The monoisotopic (exact) mass is 395 g/mol. The number of rotatable bonds is 4. The van der Waals surface area contributed by atoms with Crippen molar-refractivity contribution in [2.75, 3.05) is 32.7 Å². The summed E-state index contributed by atoms with van der Waals surface area (Å²) < 4.78 is 1.78. The Morgan fingerprint density at radius 1 is 1.07 bits per heavy atom. The molecule has 4 rings (SSSR count). The summed E-state index contributed by atoms with van der Waals surface area (Å²) in [6.07, 6.45) is 1.85. The minimum absolute atomic E-state index is 0.0438. The summed E-state index contributed by atoms with van der Waals surface area (Å²) >= 11 is 6.05. The Bertz CT molecular complexity index is 944. The number of likely N-dealkylation sites (N-methyl/N-ethyl adjacent to an activating group) is 1. The largest absolute Gasteiger partial charge is 0.332 e. The van der Waals surface area contributed by atoms with Crippen molar-refractivity contribution in [3.05, 3.63) is 71.4 Å². The Kier molecular flexibility index (Phi) is 5.46. The van der Waals surface area contributed by atoms with E-state index in [1.54, 1.807) is 9.58 Å². The van der Waals surface area contributed by atoms with E-state index in [4.69, 9.17) is 16.7 Å². The van der Waals surface area contributed by atoms with Gasteiger partial charge in [0.1, 0.15) is 5.69 Å². The van der Waals surface area contributed by atoms with Crippen LogP contribution >= 0.6 is 11.6 Å². The maximum Gasteiger partial charge on any atom is 0.258 e. The summed E-state index contributed by atoms with van der Waals surface area (Å²) in [6.45, 7) is 6.83. The number of quaternary nitrogens is 1. The number of hydrogen-bond donors (Lipinski definition) is 1. The van der Waals surface area contributed by atoms with Gasteiger partial charge in [0.2, 0.25) is 0 Å². The summed E-state index contributed by atoms with van der Waals surface area (Å²) in [4.78, 5) is 16.8. The maximum absolute atomic E-state index is 13.3. The van der Waals surface area contributed by atoms with Crippen LogP contribution in [-0.2, 0) is 0 Å². The molecule has 0 bridgehead atoms. The summed E-state index contributed by atoms with van der Waals surface area (Å²) in [6, 6.07) is 17.3. The van der Waals surface area contributed by atoms with Gasteiger partial charge in [-0.1, -0.05) is 41.9 Å². The van der Waals surface area contributed by atoms with Gasteiger partial charge in [0.05, 0.1) is 44.0 Å². The zero-order valence-electron chi connectivity index (χ0n) is 15.9. The molecule has 1 N–H and O–H groups in total. The molecule has 0 atom stereocenters. The number of carbonyl (C=O) groups excluding carboxylic acids is 1. The van der Waals surface area contributed by atoms with Crippen molar-refractivity contribution >= 4 is 17.5 Å². The summed E-state index contributed by atoms with van der Waals surface area (Å²) in [7, 11) is 0. The Morgan fingerprint density at radius 3 is 2.39 bits per heavy atom. The first kappa shape index (κ1) is 18.7. The van der Waals surface area contributed by atoms with E-state index in [1.165, 1.54) is 0 Å². The number of halogens is 1. The number of aromatic nitrogens is 2. The molecule has 1 aliphatic rings. The Morgan fingerprint density at radius 2 is 1.75 bits per heavy atom. The standard InChI is InChI=1S/C22H23ClN4O/c1-2-25-12-14-26(15-13-25)22(28)20-16-27(19-6-4-3-5-7-19)24-21(20)17-8-10-18(23)11-9-17/h3-11,16H,2,12-15H2,1H3/p+1. The number of carbonyl (C=O) groups is 1. The zero-order chi connectivity index (χ0) is 19.5. The van der Waals surface area contributed by atoms with Gasteiger partial charge >= 0.3 is 0 Å². The van der Waals surface area contributed by atoms with Crippen LogP contribution in [0.25, 0.3) is 16.9 Å². The van der Waals surface area contributed by atoms with Gasteiger partial charge in [-0.15, -0.1) is 0 Å². The van der Waals surface area contributed by atoms with Crippen LogP contribution in [-0.4, -0.2) is 53.3 Å². The Hall–Kier alpha value is -2.63. The van der Waals surface area contributed by atoms with E-state index in [2.05, 4.69) is 6.92 Å². The first-order chi connectivity index (χ1) is 13.7. The predicted molar refractivity (Wildman–Crippen MR) is 111 cm³/mol. The van der Waals surface area contributed by atoms with Crippen LogP contribution in [0.4, 0.5) is 0 Å². The van der Waals surface area contributed by atoms with E-state index in [-0.39, 0.29) is 5.91 Å². The maximum atomic E-state index is 13.3. The molecule has 28 heavy (non-hydrogen) atoms. The molecule has 0 unspecified atom stereocenters. The average Bonchev–Trinajstić information content (AvgIpc) is 3.20. The SMILES string of the molecule is CC[NH+]1CCN(C(=O)c2cn(-c3ccccc3)nc2-c2ccc(Cl)cc2)CC1. The van der Waals surface area contributed by atoms with Gasteiger partial charge in [-0.2, -0.15) is 5.10 Å². The van der Waals surface area contributed by atoms with Crippen LogP contribution < -0.4 is 4.90 Å². The van der Waals surface area contributed by atoms with Crippen molar-refractivity contribution in [2.24, 2.45) is 0 Å². The molecule has 1 fully saturated rings. The second kappa shape index (κ2) is 8.17. The Balaban J connectivity index is 1.71. The zero-order valence-corrected chi connectivity index (χ0v) is 16.7. The minimum atomic E-state index is 0.0438. The number of benzene rings is 2. The molecular weight excluding hydrogens is 372 g/mol. The highest BCUT2D eigenvalue weighted by Gasteiger charge is 2.27. The van der Waals surface area contributed by atoms with Crippen LogP contribution in [0.2, 0.25) is 5.02 Å². The van der Waals surface area contributed by atoms with Crippen molar-refractivity contribution in [3.8, 4) is 16.9 Å². The molecule has 144 valence electrons. The topological polar surface area (TPSA) is 42.6 Å². The molecule has 6 heteroatoms. The molecule has 2 aromatic carbocycles. The lowest BCUT2D eigenvalue weighted by atomic mass is 10.1. The van der Waals surface area contributed by atoms with E-state index >= 15 is 0 Å². The fourth-order valence-electron chi connectivity index (χ4n) is 3.61. The van der Waals surface area contributed by atoms with E-state index < -0.39 is 0 Å². The van der Waals surface area contributed by atoms with Crippen molar-refractivity contribution in [1.29, 1.82) is 0 Å². The predicted octanol–water partition coefficient (Wildman–Crippen LogP) is 2.55. The van der Waals surface area contributed by atoms with E-state index in [9.17, 15) is 4.79 Å². The number of piperazine rings is 1. The van der Waals surface area contributed by atoms with Crippen molar-refractivity contribution in [3.63, 3.8) is 0 Å². The molecule has 0 aliphatic carbocycles. The summed E-state index contributed by atoms with van der Waals surface area (Å²) in [5, 5.41) is 5.41. The van der Waals surface area contributed by atoms with Crippen LogP contribution in [0.3, 0.4) is 0 Å². The number of para-hydroxylation sites is 1. The van der Waals surface area contributed by atoms with Crippen LogP contribution in [0.5, 0.6) is 0 Å². The molecule has 1 aliphatic heterocycles.